The molecule has 1 atom stereocenters. The molecule has 10 heteroatoms. The van der Waals surface area contributed by atoms with Crippen molar-refractivity contribution in [2.45, 2.75) is 33.9 Å². The van der Waals surface area contributed by atoms with E-state index in [9.17, 15) is 9.59 Å². The third-order valence-electron chi connectivity index (χ3n) is 3.44. The van der Waals surface area contributed by atoms with Crippen molar-refractivity contribution in [2.75, 3.05) is 11.5 Å². The van der Waals surface area contributed by atoms with E-state index in [0.29, 0.717) is 11.1 Å². The van der Waals surface area contributed by atoms with Crippen molar-refractivity contribution in [1.82, 2.24) is 20.2 Å². The fraction of sp³-hybridized carbons (Fsp3) is 0.438. The van der Waals surface area contributed by atoms with Crippen LogP contribution < -0.4 is 4.90 Å². The van der Waals surface area contributed by atoms with E-state index < -0.39 is 18.3 Å². The topological polar surface area (TPSA) is 99.4 Å². The molecule has 2 aromatic rings. The van der Waals surface area contributed by atoms with E-state index in [0.717, 1.165) is 5.56 Å². The van der Waals surface area contributed by atoms with Gasteiger partial charge in [0, 0.05) is 39.8 Å². The Morgan fingerprint density at radius 3 is 2.58 bits per heavy atom. The van der Waals surface area contributed by atoms with Crippen LogP contribution in [0.25, 0.3) is 0 Å². The van der Waals surface area contributed by atoms with Crippen LogP contribution in [0.5, 0.6) is 0 Å². The molecule has 1 aromatic heterocycles. The molecule has 1 aromatic carbocycles. The van der Waals surface area contributed by atoms with E-state index in [-0.39, 0.29) is 45.3 Å². The van der Waals surface area contributed by atoms with Crippen molar-refractivity contribution >= 4 is 18.0 Å². The first-order valence-electron chi connectivity index (χ1n) is 7.74. The van der Waals surface area contributed by atoms with Crippen LogP contribution in [0.4, 0.5) is 10.7 Å². The molecule has 0 fully saturated rings. The zero-order valence-electron chi connectivity index (χ0n) is 15.4. The molecule has 0 saturated heterocycles. The van der Waals surface area contributed by atoms with Gasteiger partial charge in [-0.05, 0) is 24.3 Å². The quantitative estimate of drug-likeness (QED) is 0.401. The average Bonchev–Trinajstić information content (AvgIpc) is 2.93. The molecule has 0 spiro atoms. The fourth-order valence-corrected chi connectivity index (χ4v) is 2.29. The predicted octanol–water partition coefficient (Wildman–Crippen LogP) is 1.79. The summed E-state index contributed by atoms with van der Waals surface area (Å²) in [6.45, 7) is 7.03. The van der Waals surface area contributed by atoms with Crippen molar-refractivity contribution in [1.29, 1.82) is 0 Å². The molecule has 0 N–H and O–H groups in total. The maximum atomic E-state index is 13.1. The molecule has 0 aliphatic rings. The van der Waals surface area contributed by atoms with Gasteiger partial charge in [0.25, 0.3) is 5.95 Å². The third kappa shape index (κ3) is 5.08. The number of carbonyl (C=O) groups excluding carboxylic acids is 2. The van der Waals surface area contributed by atoms with Crippen LogP contribution in [0.15, 0.2) is 12.1 Å². The Labute approximate surface area is 176 Å². The number of tetrazole rings is 1. The van der Waals surface area contributed by atoms with E-state index in [1.54, 1.807) is 33.0 Å². The molecule has 1 amide bonds. The van der Waals surface area contributed by atoms with E-state index in [4.69, 9.17) is 9.47 Å². The van der Waals surface area contributed by atoms with Gasteiger partial charge in [-0.15, -0.1) is 0 Å². The number of carbonyl (C=O) groups is 2. The van der Waals surface area contributed by atoms with Crippen LogP contribution in [0, 0.1) is 19.9 Å². The summed E-state index contributed by atoms with van der Waals surface area (Å²) in [6, 6.07) is 6.57. The maximum Gasteiger partial charge on any atom is 0.510 e. The van der Waals surface area contributed by atoms with Crippen LogP contribution in [0.2, 0.25) is 0 Å². The van der Waals surface area contributed by atoms with Crippen molar-refractivity contribution in [2.24, 2.45) is 7.05 Å². The molecule has 1 unspecified atom stereocenters. The Balaban J connectivity index is 0.00000338. The minimum Gasteiger partial charge on any atom is -0.435 e. The Hall–Kier alpha value is -1.87. The first-order chi connectivity index (χ1) is 11.8. The van der Waals surface area contributed by atoms with Crippen molar-refractivity contribution < 1.29 is 51.8 Å². The van der Waals surface area contributed by atoms with Crippen LogP contribution in [-0.2, 0) is 49.2 Å². The number of rotatable bonds is 5. The van der Waals surface area contributed by atoms with Gasteiger partial charge in [0.05, 0.1) is 6.61 Å². The van der Waals surface area contributed by atoms with Gasteiger partial charge in [-0.25, -0.2) is 14.4 Å². The fourth-order valence-electron chi connectivity index (χ4n) is 2.29. The maximum absolute atomic E-state index is 13.1. The van der Waals surface area contributed by atoms with Gasteiger partial charge in [-0.1, -0.05) is 24.5 Å². The smallest absolute Gasteiger partial charge is 0.435 e. The van der Waals surface area contributed by atoms with Crippen LogP contribution >= 0.6 is 0 Å². The van der Waals surface area contributed by atoms with Gasteiger partial charge in [0.15, 0.2) is 6.23 Å². The van der Waals surface area contributed by atoms with Gasteiger partial charge < -0.3 is 9.47 Å². The second-order valence-electron chi connectivity index (χ2n) is 5.36. The molecule has 9 nitrogen and oxygen atoms in total. The summed E-state index contributed by atoms with van der Waals surface area (Å²) in [5, 5.41) is 11.1. The number of benzene rings is 1. The molecular formula is C16H20N5O4Y-. The number of amides is 1. The molecule has 2 rings (SSSR count). The summed E-state index contributed by atoms with van der Waals surface area (Å²) in [5.41, 5.74) is 2.00. The van der Waals surface area contributed by atoms with E-state index >= 15 is 0 Å². The summed E-state index contributed by atoms with van der Waals surface area (Å²) in [6.07, 6.45) is -1.85. The summed E-state index contributed by atoms with van der Waals surface area (Å²) in [7, 11) is 1.58. The normalized spacial score (nSPS) is 11.3. The standard InChI is InChI=1S/C16H20N5O4.Y/c1-6-24-16(23)25-12(4)21(15-17-18-19-20(15)5)14(22)13-8-7-10(2)9-11(13)3;/h7-8,12H,6H2,1-5H3;/q-1;. The molecule has 1 heterocycles. The average molecular weight is 435 g/mol. The summed E-state index contributed by atoms with van der Waals surface area (Å²) in [4.78, 5) is 25.9. The Morgan fingerprint density at radius 2 is 2.04 bits per heavy atom. The second-order valence-corrected chi connectivity index (χ2v) is 5.36. The zero-order chi connectivity index (χ0) is 18.6. The number of anilines is 1. The van der Waals surface area contributed by atoms with Crippen molar-refractivity contribution in [3.8, 4) is 0 Å². The minimum absolute atomic E-state index is 0. The van der Waals surface area contributed by atoms with Gasteiger partial charge in [0.2, 0.25) is 5.91 Å². The summed E-state index contributed by atoms with van der Waals surface area (Å²) < 4.78 is 11.2. The van der Waals surface area contributed by atoms with Gasteiger partial charge in [-0.2, -0.15) is 29.3 Å². The number of aromatic nitrogens is 4. The van der Waals surface area contributed by atoms with Crippen molar-refractivity contribution in [3.05, 3.63) is 34.9 Å². The second kappa shape index (κ2) is 9.73. The monoisotopic (exact) mass is 435 g/mol. The van der Waals surface area contributed by atoms with E-state index in [2.05, 4.69) is 21.6 Å². The SMILES string of the molecule is CCOC(=O)OC(C)N(C(=O)c1ccc(C)[c-]c1C)c1nnnn1C.[Y]. The summed E-state index contributed by atoms with van der Waals surface area (Å²) >= 11 is 0. The molecule has 0 saturated carbocycles. The summed E-state index contributed by atoms with van der Waals surface area (Å²) in [5.74, 6) is -0.273. The molecule has 137 valence electrons. The zero-order valence-corrected chi connectivity index (χ0v) is 18.2. The first-order valence-corrected chi connectivity index (χ1v) is 7.74. The first kappa shape index (κ1) is 22.2. The molecule has 26 heavy (non-hydrogen) atoms. The predicted molar refractivity (Wildman–Crippen MR) is 87.9 cm³/mol. The third-order valence-corrected chi connectivity index (χ3v) is 3.44. The number of ether oxygens (including phenoxy) is 2. The Kier molecular flexibility index (Phi) is 8.30. The van der Waals surface area contributed by atoms with E-state index in [1.807, 2.05) is 6.92 Å². The van der Waals surface area contributed by atoms with Gasteiger partial charge in [-0.3, -0.25) is 4.79 Å². The van der Waals surface area contributed by atoms with Crippen LogP contribution in [0.3, 0.4) is 0 Å². The van der Waals surface area contributed by atoms with Crippen LogP contribution in [0.1, 0.15) is 35.3 Å². The Bertz CT molecular complexity index is 780. The Morgan fingerprint density at radius 1 is 1.35 bits per heavy atom. The molecule has 0 aliphatic carbocycles. The van der Waals surface area contributed by atoms with Gasteiger partial charge >= 0.3 is 6.16 Å². The van der Waals surface area contributed by atoms with Crippen molar-refractivity contribution in [3.63, 3.8) is 0 Å². The van der Waals surface area contributed by atoms with E-state index in [1.165, 1.54) is 16.5 Å². The molecule has 0 bridgehead atoms. The number of hydrogen-bond donors (Lipinski definition) is 0. The van der Waals surface area contributed by atoms with Crippen LogP contribution in [-0.4, -0.2) is 45.1 Å². The largest absolute Gasteiger partial charge is 0.510 e. The number of nitrogens with zero attached hydrogens (tertiary/aromatic N) is 5. The number of hydrogen-bond acceptors (Lipinski definition) is 7. The molecule has 1 radical (unpaired) electrons. The number of aryl methyl sites for hydroxylation is 3. The molecule has 0 aliphatic heterocycles. The van der Waals surface area contributed by atoms with Gasteiger partial charge in [0.1, 0.15) is 0 Å². The molecular weight excluding hydrogens is 415 g/mol. The minimum atomic E-state index is -0.975.